The molecule has 3 aromatic heterocycles. The fourth-order valence-corrected chi connectivity index (χ4v) is 3.51. The molecule has 0 saturated carbocycles. The number of aromatic nitrogens is 2. The zero-order chi connectivity index (χ0) is 18.8. The second-order valence-electron chi connectivity index (χ2n) is 6.02. The van der Waals surface area contributed by atoms with Crippen LogP contribution < -0.4 is 15.5 Å². The fourth-order valence-electron chi connectivity index (χ4n) is 2.58. The van der Waals surface area contributed by atoms with E-state index >= 15 is 0 Å². The van der Waals surface area contributed by atoms with Crippen LogP contribution in [0, 0.1) is 0 Å². The lowest BCUT2D eigenvalue weighted by Gasteiger charge is -2.12. The van der Waals surface area contributed by atoms with Crippen molar-refractivity contribution in [2.75, 3.05) is 29.6 Å². The summed E-state index contributed by atoms with van der Waals surface area (Å²) in [5.41, 5.74) is 2.72. The Bertz CT molecular complexity index is 1070. The van der Waals surface area contributed by atoms with Crippen molar-refractivity contribution < 1.29 is 9.21 Å². The van der Waals surface area contributed by atoms with Gasteiger partial charge in [0, 0.05) is 25.2 Å². The van der Waals surface area contributed by atoms with E-state index in [1.807, 2.05) is 66.8 Å². The molecule has 27 heavy (non-hydrogen) atoms. The number of thiophene rings is 1. The van der Waals surface area contributed by atoms with E-state index in [-0.39, 0.29) is 6.03 Å². The first-order valence-corrected chi connectivity index (χ1v) is 9.13. The molecular weight excluding hydrogens is 362 g/mol. The van der Waals surface area contributed by atoms with Gasteiger partial charge in [0.25, 0.3) is 0 Å². The van der Waals surface area contributed by atoms with Crippen molar-refractivity contribution in [3.8, 4) is 11.5 Å². The Balaban J connectivity index is 1.70. The third-order valence-corrected chi connectivity index (χ3v) is 4.81. The van der Waals surface area contributed by atoms with Gasteiger partial charge in [-0.25, -0.2) is 14.8 Å². The number of amides is 2. The molecule has 0 spiro atoms. The molecule has 0 fully saturated rings. The second-order valence-corrected chi connectivity index (χ2v) is 6.90. The van der Waals surface area contributed by atoms with Crippen LogP contribution in [0.15, 0.2) is 58.5 Å². The standard InChI is InChI=1S/C19H17N5O2S/c1-24(2)18-22-15-13(21-19(25)20-12-7-4-3-5-8-12)11-27-17(15)16(23-18)14-9-6-10-26-14/h3-11H,1-2H3,(H2,20,21,25). The molecule has 8 heteroatoms. The first-order valence-electron chi connectivity index (χ1n) is 8.25. The molecule has 0 aliphatic heterocycles. The Morgan fingerprint density at radius 1 is 1.07 bits per heavy atom. The van der Waals surface area contributed by atoms with Crippen molar-refractivity contribution in [1.29, 1.82) is 0 Å². The third-order valence-electron chi connectivity index (χ3n) is 3.84. The predicted octanol–water partition coefficient (Wildman–Crippen LogP) is 4.66. The Hall–Kier alpha value is -3.39. The van der Waals surface area contributed by atoms with Gasteiger partial charge in [-0.2, -0.15) is 0 Å². The molecule has 0 unspecified atom stereocenters. The van der Waals surface area contributed by atoms with Gasteiger partial charge < -0.3 is 20.0 Å². The molecule has 7 nitrogen and oxygen atoms in total. The zero-order valence-electron chi connectivity index (χ0n) is 14.8. The highest BCUT2D eigenvalue weighted by Gasteiger charge is 2.18. The maximum atomic E-state index is 12.4. The van der Waals surface area contributed by atoms with Crippen LogP contribution in [0.3, 0.4) is 0 Å². The highest BCUT2D eigenvalue weighted by Crippen LogP contribution is 2.37. The minimum absolute atomic E-state index is 0.328. The number of carbonyl (C=O) groups excluding carboxylic acids is 1. The van der Waals surface area contributed by atoms with Crippen LogP contribution >= 0.6 is 11.3 Å². The van der Waals surface area contributed by atoms with Gasteiger partial charge in [0.2, 0.25) is 5.95 Å². The topological polar surface area (TPSA) is 83.3 Å². The summed E-state index contributed by atoms with van der Waals surface area (Å²) in [6.07, 6.45) is 1.61. The molecule has 0 bridgehead atoms. The first kappa shape index (κ1) is 17.0. The van der Waals surface area contributed by atoms with E-state index in [9.17, 15) is 4.79 Å². The van der Waals surface area contributed by atoms with E-state index in [0.29, 0.717) is 28.6 Å². The number of fused-ring (bicyclic) bond motifs is 1. The summed E-state index contributed by atoms with van der Waals surface area (Å²) in [7, 11) is 3.74. The van der Waals surface area contributed by atoms with Gasteiger partial charge in [0.1, 0.15) is 11.2 Å². The lowest BCUT2D eigenvalue weighted by Crippen LogP contribution is -2.19. The Morgan fingerprint density at radius 3 is 2.59 bits per heavy atom. The van der Waals surface area contributed by atoms with Crippen LogP contribution in [0.2, 0.25) is 0 Å². The zero-order valence-corrected chi connectivity index (χ0v) is 15.6. The summed E-state index contributed by atoms with van der Waals surface area (Å²) >= 11 is 1.46. The normalized spacial score (nSPS) is 10.7. The summed E-state index contributed by atoms with van der Waals surface area (Å²) in [6, 6.07) is 12.6. The van der Waals surface area contributed by atoms with E-state index in [4.69, 9.17) is 4.42 Å². The summed E-state index contributed by atoms with van der Waals surface area (Å²) in [4.78, 5) is 23.4. The minimum Gasteiger partial charge on any atom is -0.463 e. The van der Waals surface area contributed by atoms with E-state index in [1.54, 1.807) is 6.26 Å². The number of benzene rings is 1. The number of hydrogen-bond acceptors (Lipinski definition) is 6. The van der Waals surface area contributed by atoms with E-state index in [1.165, 1.54) is 11.3 Å². The van der Waals surface area contributed by atoms with Gasteiger partial charge in [0.15, 0.2) is 5.76 Å². The van der Waals surface area contributed by atoms with Crippen molar-refractivity contribution in [2.45, 2.75) is 0 Å². The van der Waals surface area contributed by atoms with Gasteiger partial charge in [0.05, 0.1) is 16.7 Å². The van der Waals surface area contributed by atoms with Crippen molar-refractivity contribution >= 4 is 44.9 Å². The third kappa shape index (κ3) is 3.47. The quantitative estimate of drug-likeness (QED) is 0.539. The molecular formula is C19H17N5O2S. The Kier molecular flexibility index (Phi) is 4.47. The predicted molar refractivity (Wildman–Crippen MR) is 109 cm³/mol. The number of carbonyl (C=O) groups is 1. The summed E-state index contributed by atoms with van der Waals surface area (Å²) in [5.74, 6) is 1.20. The average Bonchev–Trinajstić information content (AvgIpc) is 3.32. The van der Waals surface area contributed by atoms with Crippen LogP contribution in [0.4, 0.5) is 22.1 Å². The van der Waals surface area contributed by atoms with E-state index in [0.717, 1.165) is 10.4 Å². The molecule has 2 amide bonds. The van der Waals surface area contributed by atoms with Crippen molar-refractivity contribution in [2.24, 2.45) is 0 Å². The number of nitrogens with one attached hydrogen (secondary N) is 2. The van der Waals surface area contributed by atoms with E-state index < -0.39 is 0 Å². The number of urea groups is 1. The molecule has 4 aromatic rings. The molecule has 0 saturated heterocycles. The number of anilines is 3. The smallest absolute Gasteiger partial charge is 0.323 e. The van der Waals surface area contributed by atoms with Crippen LogP contribution in [0.1, 0.15) is 0 Å². The van der Waals surface area contributed by atoms with Gasteiger partial charge >= 0.3 is 6.03 Å². The van der Waals surface area contributed by atoms with Crippen molar-refractivity contribution in [1.82, 2.24) is 9.97 Å². The van der Waals surface area contributed by atoms with Gasteiger partial charge in [-0.1, -0.05) is 18.2 Å². The van der Waals surface area contributed by atoms with Crippen LogP contribution in [-0.2, 0) is 0 Å². The van der Waals surface area contributed by atoms with Gasteiger partial charge in [-0.15, -0.1) is 11.3 Å². The van der Waals surface area contributed by atoms with E-state index in [2.05, 4.69) is 20.6 Å². The molecule has 0 atom stereocenters. The monoisotopic (exact) mass is 379 g/mol. The molecule has 0 aliphatic rings. The summed E-state index contributed by atoms with van der Waals surface area (Å²) < 4.78 is 6.38. The Morgan fingerprint density at radius 2 is 1.89 bits per heavy atom. The maximum Gasteiger partial charge on any atom is 0.323 e. The highest BCUT2D eigenvalue weighted by molar-refractivity contribution is 7.18. The van der Waals surface area contributed by atoms with Crippen molar-refractivity contribution in [3.63, 3.8) is 0 Å². The molecule has 0 aliphatic carbocycles. The fraction of sp³-hybridized carbons (Fsp3) is 0.105. The summed E-state index contributed by atoms with van der Waals surface area (Å²) in [6.45, 7) is 0. The molecule has 0 radical (unpaired) electrons. The van der Waals surface area contributed by atoms with Crippen molar-refractivity contribution in [3.05, 3.63) is 54.1 Å². The second kappa shape index (κ2) is 7.08. The number of para-hydroxylation sites is 1. The lowest BCUT2D eigenvalue weighted by atomic mass is 10.2. The maximum absolute atomic E-state index is 12.4. The molecule has 1 aromatic carbocycles. The highest BCUT2D eigenvalue weighted by atomic mass is 32.1. The van der Waals surface area contributed by atoms with Gasteiger partial charge in [-0.05, 0) is 24.3 Å². The molecule has 136 valence electrons. The number of nitrogens with zero attached hydrogens (tertiary/aromatic N) is 3. The molecule has 4 rings (SSSR count). The number of hydrogen-bond donors (Lipinski definition) is 2. The number of furan rings is 1. The van der Waals surface area contributed by atoms with Crippen LogP contribution in [-0.4, -0.2) is 30.1 Å². The molecule has 2 N–H and O–H groups in total. The average molecular weight is 379 g/mol. The SMILES string of the molecule is CN(C)c1nc(-c2ccco2)c2scc(NC(=O)Nc3ccccc3)c2n1. The minimum atomic E-state index is -0.328. The lowest BCUT2D eigenvalue weighted by molar-refractivity contribution is 0.262. The number of rotatable bonds is 4. The molecule has 3 heterocycles. The largest absolute Gasteiger partial charge is 0.463 e. The summed E-state index contributed by atoms with van der Waals surface area (Å²) in [5, 5.41) is 7.54. The van der Waals surface area contributed by atoms with Crippen LogP contribution in [0.25, 0.3) is 21.7 Å². The first-order chi connectivity index (χ1) is 13.1. The Labute approximate surface area is 159 Å². The van der Waals surface area contributed by atoms with Crippen LogP contribution in [0.5, 0.6) is 0 Å². The van der Waals surface area contributed by atoms with Gasteiger partial charge in [-0.3, -0.25) is 0 Å².